The highest BCUT2D eigenvalue weighted by molar-refractivity contribution is 7.89. The number of amides is 3. The average Bonchev–Trinajstić information content (AvgIpc) is 2.63. The third kappa shape index (κ3) is 6.09. The van der Waals surface area contributed by atoms with E-state index in [1.807, 2.05) is 0 Å². The number of halogens is 3. The fraction of sp³-hybridized carbons (Fsp3) is 0.500. The van der Waals surface area contributed by atoms with Crippen LogP contribution in [-0.2, 0) is 27.8 Å². The number of sulfonamides is 1. The van der Waals surface area contributed by atoms with E-state index in [0.29, 0.717) is 18.7 Å². The Kier molecular flexibility index (Phi) is 6.88. The fourth-order valence-corrected chi connectivity index (χ4v) is 3.81. The molecule has 12 heteroatoms. The summed E-state index contributed by atoms with van der Waals surface area (Å²) in [7, 11) is -3.31. The SMILES string of the molecule is CCS(=O)(=O)N1CCc2c(cccc2NCC(=O)NC(=O)NCC(F)(F)F)C1. The van der Waals surface area contributed by atoms with E-state index in [2.05, 4.69) is 5.32 Å². The van der Waals surface area contributed by atoms with Gasteiger partial charge in [0.05, 0.1) is 12.3 Å². The van der Waals surface area contributed by atoms with E-state index in [1.165, 1.54) is 4.31 Å². The normalized spacial score (nSPS) is 14.9. The summed E-state index contributed by atoms with van der Waals surface area (Å²) in [6.45, 7) is 0.253. The van der Waals surface area contributed by atoms with Crippen LogP contribution in [0.3, 0.4) is 0 Å². The first-order valence-corrected chi connectivity index (χ1v) is 10.1. The van der Waals surface area contributed by atoms with Crippen molar-refractivity contribution in [2.24, 2.45) is 0 Å². The van der Waals surface area contributed by atoms with Gasteiger partial charge in [-0.2, -0.15) is 17.5 Å². The molecule has 28 heavy (non-hydrogen) atoms. The molecule has 0 fully saturated rings. The fourth-order valence-electron chi connectivity index (χ4n) is 2.74. The van der Waals surface area contributed by atoms with E-state index >= 15 is 0 Å². The molecule has 3 N–H and O–H groups in total. The van der Waals surface area contributed by atoms with Gasteiger partial charge >= 0.3 is 12.2 Å². The monoisotopic (exact) mass is 422 g/mol. The predicted molar refractivity (Wildman–Crippen MR) is 96.1 cm³/mol. The number of urea groups is 1. The zero-order valence-electron chi connectivity index (χ0n) is 15.1. The minimum atomic E-state index is -4.57. The molecule has 156 valence electrons. The van der Waals surface area contributed by atoms with Gasteiger partial charge in [0.25, 0.3) is 0 Å². The summed E-state index contributed by atoms with van der Waals surface area (Å²) in [4.78, 5) is 23.0. The molecular weight excluding hydrogens is 401 g/mol. The van der Waals surface area contributed by atoms with Crippen molar-refractivity contribution in [2.45, 2.75) is 26.1 Å². The number of carbonyl (C=O) groups excluding carboxylic acids is 2. The lowest BCUT2D eigenvalue weighted by Gasteiger charge is -2.29. The maximum absolute atomic E-state index is 12.0. The summed E-state index contributed by atoms with van der Waals surface area (Å²) >= 11 is 0. The molecule has 0 saturated carbocycles. The zero-order valence-corrected chi connectivity index (χ0v) is 15.9. The maximum Gasteiger partial charge on any atom is 0.405 e. The summed E-state index contributed by atoms with van der Waals surface area (Å²) in [6, 6.07) is 3.97. The van der Waals surface area contributed by atoms with Crippen LogP contribution in [0.5, 0.6) is 0 Å². The summed E-state index contributed by atoms with van der Waals surface area (Å²) in [5, 5.41) is 6.17. The summed E-state index contributed by atoms with van der Waals surface area (Å²) in [6.07, 6.45) is -4.12. The van der Waals surface area contributed by atoms with Crippen LogP contribution >= 0.6 is 0 Å². The van der Waals surface area contributed by atoms with E-state index in [-0.39, 0.29) is 18.8 Å². The molecule has 0 spiro atoms. The van der Waals surface area contributed by atoms with Crippen molar-refractivity contribution in [3.63, 3.8) is 0 Å². The van der Waals surface area contributed by atoms with Gasteiger partial charge in [0.2, 0.25) is 15.9 Å². The highest BCUT2D eigenvalue weighted by Gasteiger charge is 2.28. The van der Waals surface area contributed by atoms with Crippen LogP contribution in [0.2, 0.25) is 0 Å². The van der Waals surface area contributed by atoms with Crippen molar-refractivity contribution in [3.8, 4) is 0 Å². The number of hydrogen-bond donors (Lipinski definition) is 3. The third-order valence-corrected chi connectivity index (χ3v) is 5.96. The van der Waals surface area contributed by atoms with Crippen molar-refractivity contribution in [1.29, 1.82) is 0 Å². The minimum absolute atomic E-state index is 0.0108. The number of nitrogens with zero attached hydrogens (tertiary/aromatic N) is 1. The Morgan fingerprint density at radius 1 is 1.25 bits per heavy atom. The molecule has 0 atom stereocenters. The Hall–Kier alpha value is -2.34. The Bertz CT molecular complexity index is 843. The number of carbonyl (C=O) groups is 2. The number of fused-ring (bicyclic) bond motifs is 1. The molecular formula is C16H21F3N4O4S. The predicted octanol–water partition coefficient (Wildman–Crippen LogP) is 1.19. The number of hydrogen-bond acceptors (Lipinski definition) is 5. The molecule has 2 rings (SSSR count). The number of nitrogens with one attached hydrogen (secondary N) is 3. The minimum Gasteiger partial charge on any atom is -0.376 e. The highest BCUT2D eigenvalue weighted by Crippen LogP contribution is 2.27. The molecule has 0 saturated heterocycles. The molecule has 1 aromatic rings. The summed E-state index contributed by atoms with van der Waals surface area (Å²) in [5.41, 5.74) is 2.27. The van der Waals surface area contributed by atoms with Crippen molar-refractivity contribution in [1.82, 2.24) is 14.9 Å². The third-order valence-electron chi connectivity index (χ3n) is 4.13. The van der Waals surface area contributed by atoms with E-state index in [4.69, 9.17) is 0 Å². The van der Waals surface area contributed by atoms with Gasteiger partial charge in [-0.3, -0.25) is 10.1 Å². The second kappa shape index (κ2) is 8.78. The lowest BCUT2D eigenvalue weighted by Crippen LogP contribution is -2.45. The van der Waals surface area contributed by atoms with Crippen molar-refractivity contribution in [2.75, 3.05) is 30.7 Å². The topological polar surface area (TPSA) is 108 Å². The van der Waals surface area contributed by atoms with Crippen LogP contribution in [0.15, 0.2) is 18.2 Å². The molecule has 8 nitrogen and oxygen atoms in total. The molecule has 3 amide bonds. The van der Waals surface area contributed by atoms with E-state index < -0.39 is 34.7 Å². The molecule has 0 aromatic heterocycles. The van der Waals surface area contributed by atoms with Crippen LogP contribution in [0.25, 0.3) is 0 Å². The zero-order chi connectivity index (χ0) is 20.9. The molecule has 1 aliphatic rings. The average molecular weight is 422 g/mol. The summed E-state index contributed by atoms with van der Waals surface area (Å²) in [5.74, 6) is -0.792. The Balaban J connectivity index is 1.93. The van der Waals surface area contributed by atoms with Crippen LogP contribution in [0.1, 0.15) is 18.1 Å². The smallest absolute Gasteiger partial charge is 0.376 e. The van der Waals surface area contributed by atoms with Gasteiger partial charge in [0.15, 0.2) is 0 Å². The molecule has 0 unspecified atom stereocenters. The van der Waals surface area contributed by atoms with Crippen LogP contribution in [0.4, 0.5) is 23.7 Å². The molecule has 1 aromatic carbocycles. The standard InChI is InChI=1S/C16H21F3N4O4S/c1-2-28(26,27)23-7-6-12-11(9-23)4-3-5-13(12)20-8-14(24)22-15(25)21-10-16(17,18)19/h3-5,20H,2,6-10H2,1H3,(H2,21,22,24,25). The Labute approximate surface area is 160 Å². The highest BCUT2D eigenvalue weighted by atomic mass is 32.2. The first-order chi connectivity index (χ1) is 13.0. The summed E-state index contributed by atoms with van der Waals surface area (Å²) < 4.78 is 61.5. The number of anilines is 1. The number of benzene rings is 1. The molecule has 0 aliphatic carbocycles. The first kappa shape index (κ1) is 22.0. The molecule has 0 radical (unpaired) electrons. The second-order valence-electron chi connectivity index (χ2n) is 6.13. The first-order valence-electron chi connectivity index (χ1n) is 8.48. The number of alkyl halides is 3. The van der Waals surface area contributed by atoms with E-state index in [0.717, 1.165) is 11.1 Å². The Morgan fingerprint density at radius 3 is 2.61 bits per heavy atom. The van der Waals surface area contributed by atoms with Crippen molar-refractivity contribution in [3.05, 3.63) is 29.3 Å². The van der Waals surface area contributed by atoms with Crippen LogP contribution < -0.4 is 16.0 Å². The van der Waals surface area contributed by atoms with Gasteiger partial charge in [-0.05, 0) is 30.5 Å². The van der Waals surface area contributed by atoms with Gasteiger partial charge in [-0.25, -0.2) is 13.2 Å². The number of rotatable bonds is 6. The Morgan fingerprint density at radius 2 is 1.96 bits per heavy atom. The van der Waals surface area contributed by atoms with Gasteiger partial charge in [-0.1, -0.05) is 12.1 Å². The quantitative estimate of drug-likeness (QED) is 0.639. The van der Waals surface area contributed by atoms with E-state index in [1.54, 1.807) is 35.8 Å². The van der Waals surface area contributed by atoms with Gasteiger partial charge in [0, 0.05) is 18.8 Å². The van der Waals surface area contributed by atoms with Gasteiger partial charge < -0.3 is 10.6 Å². The second-order valence-corrected chi connectivity index (χ2v) is 8.38. The largest absolute Gasteiger partial charge is 0.405 e. The van der Waals surface area contributed by atoms with Gasteiger partial charge in [0.1, 0.15) is 6.54 Å². The number of imide groups is 1. The van der Waals surface area contributed by atoms with Crippen LogP contribution in [0, 0.1) is 0 Å². The molecule has 0 bridgehead atoms. The van der Waals surface area contributed by atoms with Crippen molar-refractivity contribution >= 4 is 27.6 Å². The maximum atomic E-state index is 12.0. The van der Waals surface area contributed by atoms with Gasteiger partial charge in [-0.15, -0.1) is 0 Å². The molecule has 1 aliphatic heterocycles. The van der Waals surface area contributed by atoms with Crippen LogP contribution in [-0.4, -0.2) is 56.2 Å². The van der Waals surface area contributed by atoms with Crippen molar-refractivity contribution < 1.29 is 31.2 Å². The lowest BCUT2D eigenvalue weighted by molar-refractivity contribution is -0.124. The van der Waals surface area contributed by atoms with E-state index in [9.17, 15) is 31.2 Å². The lowest BCUT2D eigenvalue weighted by atomic mass is 9.99. The molecule has 1 heterocycles.